The van der Waals surface area contributed by atoms with Crippen molar-refractivity contribution < 1.29 is 49.0 Å². The van der Waals surface area contributed by atoms with Crippen LogP contribution in [0.15, 0.2) is 51.7 Å². The van der Waals surface area contributed by atoms with E-state index in [-0.39, 0.29) is 23.3 Å². The molecule has 1 fully saturated rings. The van der Waals surface area contributed by atoms with E-state index in [2.05, 4.69) is 0 Å². The van der Waals surface area contributed by atoms with Gasteiger partial charge in [-0.15, -0.1) is 0 Å². The molecule has 0 radical (unpaired) electrons. The third-order valence-corrected chi connectivity index (χ3v) is 5.48. The van der Waals surface area contributed by atoms with E-state index < -0.39 is 59.4 Å². The van der Waals surface area contributed by atoms with Gasteiger partial charge in [0, 0.05) is 17.7 Å². The number of carbonyl (C=O) groups excluding carboxylic acids is 1. The van der Waals surface area contributed by atoms with Crippen molar-refractivity contribution in [2.75, 3.05) is 6.61 Å². The standard InChI is InChI=1S/C24H24O11/c1-2-8-32-23(31)22-20(29)19(28)21(30)24(35-22)34-15-10-14-16(18(27)17(15)26)12(25)9-13(33-14)11-6-4-3-5-7-11/h3-7,9-10,19-22,24,26-30H,2,8H2,1H3/t19-,20-,21+,22-,24+/m0/s1. The van der Waals surface area contributed by atoms with Crippen molar-refractivity contribution >= 4 is 16.9 Å². The number of aliphatic hydroxyl groups is 3. The maximum Gasteiger partial charge on any atom is 0.338 e. The molecule has 0 bridgehead atoms. The Kier molecular flexibility index (Phi) is 6.94. The van der Waals surface area contributed by atoms with Crippen LogP contribution in [0.3, 0.4) is 0 Å². The number of benzene rings is 2. The molecule has 3 aromatic rings. The highest BCUT2D eigenvalue weighted by atomic mass is 16.7. The summed E-state index contributed by atoms with van der Waals surface area (Å²) in [6.07, 6.45) is -8.46. The fourth-order valence-corrected chi connectivity index (χ4v) is 3.65. The van der Waals surface area contributed by atoms with Gasteiger partial charge in [0.1, 0.15) is 35.0 Å². The van der Waals surface area contributed by atoms with Crippen LogP contribution in [0.4, 0.5) is 0 Å². The van der Waals surface area contributed by atoms with E-state index in [0.29, 0.717) is 12.0 Å². The molecule has 1 aromatic heterocycles. The number of phenolic OH excluding ortho intramolecular Hbond substituents is 2. The van der Waals surface area contributed by atoms with E-state index >= 15 is 0 Å². The van der Waals surface area contributed by atoms with Crippen LogP contribution in [0.2, 0.25) is 0 Å². The Bertz CT molecular complexity index is 1270. The monoisotopic (exact) mass is 488 g/mol. The molecule has 2 aromatic carbocycles. The molecule has 0 saturated carbocycles. The van der Waals surface area contributed by atoms with Crippen molar-refractivity contribution in [3.05, 3.63) is 52.7 Å². The molecule has 11 nitrogen and oxygen atoms in total. The molecule has 186 valence electrons. The number of esters is 1. The molecule has 0 amide bonds. The minimum Gasteiger partial charge on any atom is -0.504 e. The second-order valence-corrected chi connectivity index (χ2v) is 7.97. The molecule has 5 atom stereocenters. The summed E-state index contributed by atoms with van der Waals surface area (Å²) in [5, 5.41) is 51.2. The van der Waals surface area contributed by atoms with E-state index in [1.165, 1.54) is 0 Å². The van der Waals surface area contributed by atoms with Crippen LogP contribution in [0, 0.1) is 0 Å². The van der Waals surface area contributed by atoms with Crippen molar-refractivity contribution in [1.82, 2.24) is 0 Å². The maximum absolute atomic E-state index is 12.6. The number of fused-ring (bicyclic) bond motifs is 1. The molecule has 35 heavy (non-hydrogen) atoms. The Morgan fingerprint density at radius 1 is 1.00 bits per heavy atom. The first kappa shape index (κ1) is 24.5. The summed E-state index contributed by atoms with van der Waals surface area (Å²) in [7, 11) is 0. The predicted octanol–water partition coefficient (Wildman–Crippen LogP) is 1.01. The Hall–Kier alpha value is -3.64. The predicted molar refractivity (Wildman–Crippen MR) is 120 cm³/mol. The van der Waals surface area contributed by atoms with Gasteiger partial charge in [0.05, 0.1) is 6.61 Å². The number of aliphatic hydroxyl groups excluding tert-OH is 3. The van der Waals surface area contributed by atoms with E-state index in [1.54, 1.807) is 37.3 Å². The molecule has 0 unspecified atom stereocenters. The van der Waals surface area contributed by atoms with Gasteiger partial charge in [0.2, 0.25) is 12.0 Å². The van der Waals surface area contributed by atoms with Gasteiger partial charge in [0.25, 0.3) is 0 Å². The van der Waals surface area contributed by atoms with Gasteiger partial charge in [-0.2, -0.15) is 0 Å². The lowest BCUT2D eigenvalue weighted by molar-refractivity contribution is -0.272. The molecule has 0 spiro atoms. The highest BCUT2D eigenvalue weighted by Gasteiger charge is 2.49. The number of aromatic hydroxyl groups is 2. The van der Waals surface area contributed by atoms with Crippen LogP contribution >= 0.6 is 0 Å². The lowest BCUT2D eigenvalue weighted by atomic mass is 9.99. The average molecular weight is 488 g/mol. The normalized spacial score (nSPS) is 24.3. The fraction of sp³-hybridized carbons (Fsp3) is 0.333. The zero-order valence-corrected chi connectivity index (χ0v) is 18.5. The van der Waals surface area contributed by atoms with Crippen LogP contribution < -0.4 is 10.2 Å². The molecule has 4 rings (SSSR count). The van der Waals surface area contributed by atoms with Gasteiger partial charge < -0.3 is 44.2 Å². The minimum atomic E-state index is -1.85. The summed E-state index contributed by atoms with van der Waals surface area (Å²) in [6, 6.07) is 10.9. The SMILES string of the molecule is CCCOC(=O)[C@H]1O[C@@H](Oc2cc3oc(-c4ccccc4)cc(=O)c3c(O)c2O)[C@H](O)[C@@H](O)[C@@H]1O. The van der Waals surface area contributed by atoms with E-state index in [9.17, 15) is 35.1 Å². The third-order valence-electron chi connectivity index (χ3n) is 5.48. The van der Waals surface area contributed by atoms with Crippen LogP contribution in [0.1, 0.15) is 13.3 Å². The molecule has 2 heterocycles. The van der Waals surface area contributed by atoms with Crippen LogP contribution in [-0.4, -0.2) is 68.8 Å². The Balaban J connectivity index is 1.70. The van der Waals surface area contributed by atoms with Crippen LogP contribution in [0.25, 0.3) is 22.3 Å². The summed E-state index contributed by atoms with van der Waals surface area (Å²) in [5.41, 5.74) is -0.194. The van der Waals surface area contributed by atoms with E-state index in [4.69, 9.17) is 18.6 Å². The van der Waals surface area contributed by atoms with Gasteiger partial charge in [-0.25, -0.2) is 4.79 Å². The zero-order chi connectivity index (χ0) is 25.3. The average Bonchev–Trinajstić information content (AvgIpc) is 2.85. The number of hydrogen-bond acceptors (Lipinski definition) is 11. The minimum absolute atomic E-state index is 0.0394. The largest absolute Gasteiger partial charge is 0.504 e. The summed E-state index contributed by atoms with van der Waals surface area (Å²) >= 11 is 0. The fourth-order valence-electron chi connectivity index (χ4n) is 3.65. The molecule has 11 heteroatoms. The van der Waals surface area contributed by atoms with Crippen molar-refractivity contribution in [3.63, 3.8) is 0 Å². The third kappa shape index (κ3) is 4.66. The number of hydrogen-bond donors (Lipinski definition) is 5. The number of phenols is 2. The Morgan fingerprint density at radius 3 is 2.40 bits per heavy atom. The van der Waals surface area contributed by atoms with Crippen molar-refractivity contribution in [2.45, 2.75) is 44.1 Å². The summed E-state index contributed by atoms with van der Waals surface area (Å²) < 4.78 is 21.5. The van der Waals surface area contributed by atoms with Crippen LogP contribution in [0.5, 0.6) is 17.2 Å². The summed E-state index contributed by atoms with van der Waals surface area (Å²) in [4.78, 5) is 24.9. The van der Waals surface area contributed by atoms with Crippen LogP contribution in [-0.2, 0) is 14.3 Å². The van der Waals surface area contributed by atoms with Crippen molar-refractivity contribution in [1.29, 1.82) is 0 Å². The quantitative estimate of drug-likeness (QED) is 0.247. The van der Waals surface area contributed by atoms with Gasteiger partial charge in [-0.1, -0.05) is 37.3 Å². The smallest absolute Gasteiger partial charge is 0.338 e. The van der Waals surface area contributed by atoms with Gasteiger partial charge in [0.15, 0.2) is 23.0 Å². The topological polar surface area (TPSA) is 176 Å². The first-order chi connectivity index (χ1) is 16.7. The zero-order valence-electron chi connectivity index (χ0n) is 18.5. The highest BCUT2D eigenvalue weighted by Crippen LogP contribution is 2.42. The maximum atomic E-state index is 12.6. The second kappa shape index (κ2) is 9.92. The summed E-state index contributed by atoms with van der Waals surface area (Å²) in [6.45, 7) is 1.80. The highest BCUT2D eigenvalue weighted by molar-refractivity contribution is 5.89. The number of carbonyl (C=O) groups is 1. The molecule has 1 aliphatic heterocycles. The summed E-state index contributed by atoms with van der Waals surface area (Å²) in [5.74, 6) is -2.97. The molecule has 5 N–H and O–H groups in total. The lowest BCUT2D eigenvalue weighted by Gasteiger charge is -2.39. The molecule has 1 aliphatic rings. The lowest BCUT2D eigenvalue weighted by Crippen LogP contribution is -2.61. The first-order valence-corrected chi connectivity index (χ1v) is 10.8. The van der Waals surface area contributed by atoms with E-state index in [1.807, 2.05) is 0 Å². The Morgan fingerprint density at radius 2 is 1.71 bits per heavy atom. The molecule has 0 aliphatic carbocycles. The number of rotatable bonds is 6. The Labute approximate surface area is 198 Å². The number of ether oxygens (including phenoxy) is 3. The van der Waals surface area contributed by atoms with Gasteiger partial charge >= 0.3 is 5.97 Å². The van der Waals surface area contributed by atoms with Crippen molar-refractivity contribution in [2.24, 2.45) is 0 Å². The van der Waals surface area contributed by atoms with Gasteiger partial charge in [-0.05, 0) is 6.42 Å². The molecule has 1 saturated heterocycles. The first-order valence-electron chi connectivity index (χ1n) is 10.8. The molecular formula is C24H24O11. The van der Waals surface area contributed by atoms with Gasteiger partial charge in [-0.3, -0.25) is 4.79 Å². The van der Waals surface area contributed by atoms with Crippen molar-refractivity contribution in [3.8, 4) is 28.6 Å². The second-order valence-electron chi connectivity index (χ2n) is 7.97. The van der Waals surface area contributed by atoms with E-state index in [0.717, 1.165) is 12.1 Å². The molecular weight excluding hydrogens is 464 g/mol.